The number of rotatable bonds is 7. The van der Waals surface area contributed by atoms with Gasteiger partial charge >= 0.3 is 0 Å². The Morgan fingerprint density at radius 3 is 2.84 bits per heavy atom. The lowest BCUT2D eigenvalue weighted by atomic mass is 9.94. The van der Waals surface area contributed by atoms with Crippen molar-refractivity contribution in [2.24, 2.45) is 0 Å². The van der Waals surface area contributed by atoms with Crippen LogP contribution in [0, 0.1) is 0 Å². The number of hydrogen-bond acceptors (Lipinski definition) is 0. The van der Waals surface area contributed by atoms with Gasteiger partial charge in [-0.15, -0.1) is 0 Å². The fourth-order valence-electron chi connectivity index (χ4n) is 3.42. The molecule has 2 aliphatic carbocycles. The van der Waals surface area contributed by atoms with E-state index in [1.165, 1.54) is 38.5 Å². The van der Waals surface area contributed by atoms with E-state index >= 15 is 0 Å². The molecule has 19 heavy (non-hydrogen) atoms. The lowest BCUT2D eigenvalue weighted by Crippen LogP contribution is -2.21. The Balaban J connectivity index is 1.96. The minimum atomic E-state index is -0.132. The number of allylic oxidation sites excluding steroid dienone is 8. The van der Waals surface area contributed by atoms with E-state index in [-0.39, 0.29) is 9.52 Å². The van der Waals surface area contributed by atoms with Crippen molar-refractivity contribution in [1.29, 1.82) is 0 Å². The molecule has 2 aliphatic rings. The summed E-state index contributed by atoms with van der Waals surface area (Å²) in [5.74, 6) is 0. The molecule has 0 amide bonds. The van der Waals surface area contributed by atoms with Crippen LogP contribution >= 0.6 is 0 Å². The molecule has 0 saturated carbocycles. The van der Waals surface area contributed by atoms with E-state index in [9.17, 15) is 0 Å². The number of unbranched alkanes of at least 4 members (excludes halogenated alkanes) is 1. The molecule has 0 N–H and O–H groups in total. The Hall–Kier alpha value is -0.823. The SMILES string of the molecule is CCCCC1=CC([SiH2]C2(CCC)C=CC=CC2)C=C1. The third-order valence-electron chi connectivity index (χ3n) is 4.42. The Morgan fingerprint density at radius 2 is 2.16 bits per heavy atom. The second-order valence-corrected chi connectivity index (χ2v) is 8.94. The zero-order valence-electron chi connectivity index (χ0n) is 12.6. The Labute approximate surface area is 121 Å². The zero-order chi connectivity index (χ0) is 13.6. The van der Waals surface area contributed by atoms with Gasteiger partial charge in [0.1, 0.15) is 0 Å². The predicted molar refractivity (Wildman–Crippen MR) is 89.5 cm³/mol. The monoisotopic (exact) mass is 272 g/mol. The van der Waals surface area contributed by atoms with Crippen LogP contribution in [0.2, 0.25) is 10.6 Å². The first kappa shape index (κ1) is 14.6. The van der Waals surface area contributed by atoms with E-state index in [1.807, 2.05) is 0 Å². The first-order valence-electron chi connectivity index (χ1n) is 8.01. The van der Waals surface area contributed by atoms with Gasteiger partial charge in [-0.25, -0.2) is 0 Å². The maximum absolute atomic E-state index is 2.57. The van der Waals surface area contributed by atoms with E-state index in [2.05, 4.69) is 56.4 Å². The molecule has 0 aromatic carbocycles. The summed E-state index contributed by atoms with van der Waals surface area (Å²) in [6, 6.07) is 0. The van der Waals surface area contributed by atoms with Crippen LogP contribution in [0.5, 0.6) is 0 Å². The Kier molecular flexibility index (Phi) is 5.44. The summed E-state index contributed by atoms with van der Waals surface area (Å²) >= 11 is 0. The molecular weight excluding hydrogens is 244 g/mol. The number of hydrogen-bond donors (Lipinski definition) is 0. The topological polar surface area (TPSA) is 0 Å². The molecule has 0 aromatic rings. The van der Waals surface area contributed by atoms with Gasteiger partial charge in [-0.2, -0.15) is 0 Å². The lowest BCUT2D eigenvalue weighted by molar-refractivity contribution is 0.596. The van der Waals surface area contributed by atoms with E-state index in [1.54, 1.807) is 5.57 Å². The largest absolute Gasteiger partial charge is 0.0840 e. The van der Waals surface area contributed by atoms with Gasteiger partial charge in [-0.1, -0.05) is 74.8 Å². The molecule has 1 heteroatoms. The standard InChI is InChI=1S/C18H28Si/c1-3-5-9-16-10-11-17(15-16)19-18(12-4-2)13-7-6-8-14-18/h6-8,10-11,13,15,17H,3-5,9,12,14,19H2,1-2H3. The average molecular weight is 273 g/mol. The molecule has 0 fully saturated rings. The van der Waals surface area contributed by atoms with Crippen molar-refractivity contribution in [3.8, 4) is 0 Å². The molecule has 0 heterocycles. The molecule has 2 rings (SSSR count). The fourth-order valence-corrected chi connectivity index (χ4v) is 6.22. The molecule has 0 saturated heterocycles. The highest BCUT2D eigenvalue weighted by Gasteiger charge is 2.29. The van der Waals surface area contributed by atoms with Gasteiger partial charge in [0.05, 0.1) is 0 Å². The summed E-state index contributed by atoms with van der Waals surface area (Å²) in [4.78, 5) is 0. The second-order valence-electron chi connectivity index (χ2n) is 6.18. The van der Waals surface area contributed by atoms with Gasteiger partial charge < -0.3 is 0 Å². The van der Waals surface area contributed by atoms with Crippen LogP contribution in [0.25, 0.3) is 0 Å². The highest BCUT2D eigenvalue weighted by molar-refractivity contribution is 6.44. The summed E-state index contributed by atoms with van der Waals surface area (Å²) in [7, 11) is -0.132. The van der Waals surface area contributed by atoms with Crippen LogP contribution < -0.4 is 0 Å². The molecule has 0 bridgehead atoms. The van der Waals surface area contributed by atoms with Crippen molar-refractivity contribution < 1.29 is 0 Å². The highest BCUT2D eigenvalue weighted by atomic mass is 28.2. The van der Waals surface area contributed by atoms with Crippen molar-refractivity contribution in [2.75, 3.05) is 0 Å². The lowest BCUT2D eigenvalue weighted by Gasteiger charge is -2.32. The summed E-state index contributed by atoms with van der Waals surface area (Å²) in [5, 5.41) is 0.551. The van der Waals surface area contributed by atoms with Crippen LogP contribution in [0.3, 0.4) is 0 Å². The molecule has 0 radical (unpaired) electrons. The second kappa shape index (κ2) is 7.09. The van der Waals surface area contributed by atoms with Crippen molar-refractivity contribution >= 4 is 9.52 Å². The summed E-state index contributed by atoms with van der Waals surface area (Å²) in [6.45, 7) is 4.61. The van der Waals surface area contributed by atoms with E-state index in [0.29, 0.717) is 5.04 Å². The summed E-state index contributed by atoms with van der Waals surface area (Å²) in [5.41, 5.74) is 2.40. The molecule has 2 unspecified atom stereocenters. The summed E-state index contributed by atoms with van der Waals surface area (Å²) < 4.78 is 0. The van der Waals surface area contributed by atoms with E-state index < -0.39 is 0 Å². The van der Waals surface area contributed by atoms with Crippen molar-refractivity contribution in [3.63, 3.8) is 0 Å². The third-order valence-corrected chi connectivity index (χ3v) is 7.09. The van der Waals surface area contributed by atoms with Crippen LogP contribution in [0.4, 0.5) is 0 Å². The van der Waals surface area contributed by atoms with Gasteiger partial charge in [-0.3, -0.25) is 0 Å². The maximum atomic E-state index is 2.57. The molecular formula is C18H28Si. The van der Waals surface area contributed by atoms with Crippen LogP contribution in [-0.2, 0) is 0 Å². The molecule has 0 aliphatic heterocycles. The van der Waals surface area contributed by atoms with Gasteiger partial charge in [0, 0.05) is 9.52 Å². The van der Waals surface area contributed by atoms with Crippen molar-refractivity contribution in [3.05, 3.63) is 48.1 Å². The molecule has 2 atom stereocenters. The quantitative estimate of drug-likeness (QED) is 0.565. The first-order chi connectivity index (χ1) is 9.28. The van der Waals surface area contributed by atoms with Gasteiger partial charge in [0.25, 0.3) is 0 Å². The molecule has 0 aromatic heterocycles. The van der Waals surface area contributed by atoms with Gasteiger partial charge in [0.15, 0.2) is 0 Å². The summed E-state index contributed by atoms with van der Waals surface area (Å²) in [6.07, 6.45) is 24.8. The van der Waals surface area contributed by atoms with Crippen LogP contribution in [-0.4, -0.2) is 9.52 Å². The molecule has 0 nitrogen and oxygen atoms in total. The van der Waals surface area contributed by atoms with E-state index in [4.69, 9.17) is 0 Å². The van der Waals surface area contributed by atoms with Gasteiger partial charge in [0.2, 0.25) is 0 Å². The normalized spacial score (nSPS) is 29.6. The third kappa shape index (κ3) is 4.07. The zero-order valence-corrected chi connectivity index (χ0v) is 14.0. The molecule has 104 valence electrons. The van der Waals surface area contributed by atoms with Gasteiger partial charge in [-0.05, 0) is 36.3 Å². The predicted octanol–water partition coefficient (Wildman–Crippen LogP) is 5.11. The minimum Gasteiger partial charge on any atom is -0.0840 e. The average Bonchev–Trinajstić information content (AvgIpc) is 2.85. The minimum absolute atomic E-state index is 0.132. The smallest absolute Gasteiger partial charge is 0.0447 e. The van der Waals surface area contributed by atoms with Crippen LogP contribution in [0.1, 0.15) is 52.4 Å². The van der Waals surface area contributed by atoms with Crippen molar-refractivity contribution in [1.82, 2.24) is 0 Å². The highest BCUT2D eigenvalue weighted by Crippen LogP contribution is 2.43. The van der Waals surface area contributed by atoms with Crippen molar-refractivity contribution in [2.45, 2.75) is 63.0 Å². The first-order valence-corrected chi connectivity index (χ1v) is 9.53. The van der Waals surface area contributed by atoms with E-state index in [0.717, 1.165) is 5.54 Å². The molecule has 0 spiro atoms. The Morgan fingerprint density at radius 1 is 1.26 bits per heavy atom. The maximum Gasteiger partial charge on any atom is 0.0447 e. The Bertz CT molecular complexity index is 400. The van der Waals surface area contributed by atoms with Crippen LogP contribution in [0.15, 0.2) is 48.1 Å². The fraction of sp³-hybridized carbons (Fsp3) is 0.556.